The number of hydrogen-bond acceptors (Lipinski definition) is 7. The lowest BCUT2D eigenvalue weighted by Gasteiger charge is -2.03. The van der Waals surface area contributed by atoms with Crippen molar-refractivity contribution in [1.29, 1.82) is 5.26 Å². The molecule has 0 saturated carbocycles. The van der Waals surface area contributed by atoms with Crippen molar-refractivity contribution in [1.82, 2.24) is 20.2 Å². The highest BCUT2D eigenvalue weighted by Gasteiger charge is 2.17. The van der Waals surface area contributed by atoms with Gasteiger partial charge in [0.05, 0.1) is 10.6 Å². The fourth-order valence-corrected chi connectivity index (χ4v) is 1.28. The van der Waals surface area contributed by atoms with Crippen LogP contribution in [0.25, 0.3) is 5.69 Å². The van der Waals surface area contributed by atoms with Gasteiger partial charge >= 0.3 is 0 Å². The molecule has 17 heavy (non-hydrogen) atoms. The number of nitrogens with zero attached hydrogens (tertiary/aromatic N) is 6. The lowest BCUT2D eigenvalue weighted by molar-refractivity contribution is -0.384. The molecule has 1 aromatic heterocycles. The third-order valence-electron chi connectivity index (χ3n) is 1.97. The van der Waals surface area contributed by atoms with Crippen molar-refractivity contribution < 1.29 is 4.92 Å². The molecule has 0 atom stereocenters. The van der Waals surface area contributed by atoms with E-state index in [0.717, 1.165) is 0 Å². The highest BCUT2D eigenvalue weighted by atomic mass is 16.6. The molecule has 0 spiro atoms. The minimum atomic E-state index is -0.570. The van der Waals surface area contributed by atoms with Crippen LogP contribution in [0.5, 0.6) is 0 Å². The van der Waals surface area contributed by atoms with Crippen molar-refractivity contribution in [2.45, 2.75) is 0 Å². The van der Waals surface area contributed by atoms with Crippen LogP contribution in [0, 0.1) is 21.6 Å². The first-order valence-corrected chi connectivity index (χ1v) is 4.39. The summed E-state index contributed by atoms with van der Waals surface area (Å²) in [6.45, 7) is 0. The van der Waals surface area contributed by atoms with E-state index in [2.05, 4.69) is 20.8 Å². The van der Waals surface area contributed by atoms with Crippen molar-refractivity contribution in [2.24, 2.45) is 0 Å². The topological polar surface area (TPSA) is 123 Å². The van der Waals surface area contributed by atoms with Gasteiger partial charge in [-0.3, -0.25) is 15.4 Å². The molecule has 9 nitrogen and oxygen atoms in total. The van der Waals surface area contributed by atoms with Crippen molar-refractivity contribution in [3.8, 4) is 11.9 Å². The fraction of sp³-hybridized carbons (Fsp3) is 0. The second-order valence-corrected chi connectivity index (χ2v) is 2.95. The SMILES string of the molecule is N#CNc1ccc(-n2cnnn2)c([N+](=O)[O-])c1. The molecule has 1 heterocycles. The van der Waals surface area contributed by atoms with Crippen LogP contribution in [0.2, 0.25) is 0 Å². The minimum absolute atomic E-state index is 0.197. The Morgan fingerprint density at radius 2 is 2.35 bits per heavy atom. The summed E-state index contributed by atoms with van der Waals surface area (Å²) in [5.41, 5.74) is 0.358. The lowest BCUT2D eigenvalue weighted by Crippen LogP contribution is -2.02. The van der Waals surface area contributed by atoms with Crippen LogP contribution in [-0.2, 0) is 0 Å². The molecule has 0 aliphatic heterocycles. The predicted molar refractivity (Wildman–Crippen MR) is 55.0 cm³/mol. The summed E-state index contributed by atoms with van der Waals surface area (Å²) in [6, 6.07) is 4.21. The normalized spacial score (nSPS) is 9.59. The van der Waals surface area contributed by atoms with Gasteiger partial charge in [0, 0.05) is 6.07 Å². The standard InChI is InChI=1S/C8H5N7O2/c9-4-10-6-1-2-7(8(3-6)15(16)17)14-5-11-12-13-14/h1-3,5,10H. The fourth-order valence-electron chi connectivity index (χ4n) is 1.28. The Hall–Kier alpha value is -3.02. The summed E-state index contributed by atoms with van der Waals surface area (Å²) in [7, 11) is 0. The molecule has 0 amide bonds. The van der Waals surface area contributed by atoms with E-state index in [4.69, 9.17) is 5.26 Å². The maximum atomic E-state index is 10.9. The van der Waals surface area contributed by atoms with Gasteiger partial charge < -0.3 is 0 Å². The molecule has 2 rings (SSSR count). The van der Waals surface area contributed by atoms with E-state index in [1.54, 1.807) is 6.19 Å². The average Bonchev–Trinajstić information content (AvgIpc) is 2.82. The molecule has 0 aliphatic carbocycles. The third kappa shape index (κ3) is 2.00. The van der Waals surface area contributed by atoms with E-state index in [9.17, 15) is 10.1 Å². The van der Waals surface area contributed by atoms with Gasteiger partial charge in [-0.15, -0.1) is 5.10 Å². The van der Waals surface area contributed by atoms with Crippen molar-refractivity contribution in [3.63, 3.8) is 0 Å². The quantitative estimate of drug-likeness (QED) is 0.352. The van der Waals surface area contributed by atoms with Crippen LogP contribution in [0.4, 0.5) is 11.4 Å². The van der Waals surface area contributed by atoms with Gasteiger partial charge in [0.2, 0.25) is 0 Å². The summed E-state index contributed by atoms with van der Waals surface area (Å²) < 4.78 is 1.17. The Bertz CT molecular complexity index is 586. The van der Waals surface area contributed by atoms with Gasteiger partial charge in [0.15, 0.2) is 6.19 Å². The Balaban J connectivity index is 2.53. The highest BCUT2D eigenvalue weighted by molar-refractivity contribution is 5.62. The van der Waals surface area contributed by atoms with E-state index in [0.29, 0.717) is 5.69 Å². The average molecular weight is 231 g/mol. The van der Waals surface area contributed by atoms with Gasteiger partial charge in [-0.05, 0) is 22.6 Å². The Kier molecular flexibility index (Phi) is 2.61. The summed E-state index contributed by atoms with van der Waals surface area (Å²) in [4.78, 5) is 10.3. The molecule has 1 N–H and O–H groups in total. The number of nitrogens with one attached hydrogen (secondary N) is 1. The molecule has 9 heteroatoms. The third-order valence-corrected chi connectivity index (χ3v) is 1.97. The molecular weight excluding hydrogens is 226 g/mol. The molecule has 0 radical (unpaired) electrons. The molecule has 0 bridgehead atoms. The van der Waals surface area contributed by atoms with Crippen LogP contribution in [0.15, 0.2) is 24.5 Å². The number of rotatable bonds is 3. The van der Waals surface area contributed by atoms with Crippen LogP contribution >= 0.6 is 0 Å². The maximum absolute atomic E-state index is 10.9. The Labute approximate surface area is 94.4 Å². The predicted octanol–water partition coefficient (Wildman–Crippen LogP) is 0.463. The number of benzene rings is 1. The van der Waals surface area contributed by atoms with E-state index in [-0.39, 0.29) is 11.4 Å². The molecule has 0 saturated heterocycles. The summed E-state index contributed by atoms with van der Waals surface area (Å²) in [6.07, 6.45) is 2.93. The van der Waals surface area contributed by atoms with Crippen molar-refractivity contribution >= 4 is 11.4 Å². The zero-order chi connectivity index (χ0) is 12.3. The number of nitriles is 1. The highest BCUT2D eigenvalue weighted by Crippen LogP contribution is 2.25. The Morgan fingerprint density at radius 1 is 1.53 bits per heavy atom. The molecule has 84 valence electrons. The summed E-state index contributed by atoms with van der Waals surface area (Å²) in [5, 5.41) is 32.0. The molecule has 2 aromatic rings. The first-order valence-electron chi connectivity index (χ1n) is 4.39. The second kappa shape index (κ2) is 4.23. The molecule has 0 fully saturated rings. The largest absolute Gasteiger partial charge is 0.297 e. The number of nitro groups is 1. The van der Waals surface area contributed by atoms with Gasteiger partial charge in [-0.25, -0.2) is 0 Å². The van der Waals surface area contributed by atoms with Gasteiger partial charge in [0.25, 0.3) is 5.69 Å². The number of hydrogen-bond donors (Lipinski definition) is 1. The first-order chi connectivity index (χ1) is 8.22. The van der Waals surface area contributed by atoms with Gasteiger partial charge in [-0.2, -0.15) is 9.94 Å². The molecular formula is C8H5N7O2. The van der Waals surface area contributed by atoms with Crippen LogP contribution in [0.3, 0.4) is 0 Å². The Morgan fingerprint density at radius 3 is 2.94 bits per heavy atom. The second-order valence-electron chi connectivity index (χ2n) is 2.95. The van der Waals surface area contributed by atoms with Crippen molar-refractivity contribution in [2.75, 3.05) is 5.32 Å². The zero-order valence-corrected chi connectivity index (χ0v) is 8.31. The van der Waals surface area contributed by atoms with E-state index in [1.165, 1.54) is 29.2 Å². The van der Waals surface area contributed by atoms with Crippen LogP contribution in [-0.4, -0.2) is 25.1 Å². The van der Waals surface area contributed by atoms with Gasteiger partial charge in [-0.1, -0.05) is 0 Å². The van der Waals surface area contributed by atoms with Crippen LogP contribution in [0.1, 0.15) is 0 Å². The van der Waals surface area contributed by atoms with Crippen LogP contribution < -0.4 is 5.32 Å². The first kappa shape index (κ1) is 10.5. The number of anilines is 1. The smallest absolute Gasteiger partial charge is 0.293 e. The monoisotopic (exact) mass is 231 g/mol. The van der Waals surface area contributed by atoms with E-state index >= 15 is 0 Å². The number of nitro benzene ring substituents is 1. The lowest BCUT2D eigenvalue weighted by atomic mass is 10.2. The number of aromatic nitrogens is 4. The molecule has 1 aromatic carbocycles. The van der Waals surface area contributed by atoms with Crippen molar-refractivity contribution in [3.05, 3.63) is 34.6 Å². The molecule has 0 aliphatic rings. The van der Waals surface area contributed by atoms with E-state index in [1.807, 2.05) is 0 Å². The minimum Gasteiger partial charge on any atom is -0.293 e. The maximum Gasteiger partial charge on any atom is 0.297 e. The van der Waals surface area contributed by atoms with E-state index < -0.39 is 4.92 Å². The number of tetrazole rings is 1. The molecule has 0 unspecified atom stereocenters. The summed E-state index contributed by atoms with van der Waals surface area (Å²) in [5.74, 6) is 0. The zero-order valence-electron chi connectivity index (χ0n) is 8.31. The summed E-state index contributed by atoms with van der Waals surface area (Å²) >= 11 is 0. The van der Waals surface area contributed by atoms with Gasteiger partial charge in [0.1, 0.15) is 12.0 Å².